The highest BCUT2D eigenvalue weighted by molar-refractivity contribution is 6.33. The zero-order valence-electron chi connectivity index (χ0n) is 11.3. The number of piperazine rings is 1. The van der Waals surface area contributed by atoms with Gasteiger partial charge in [-0.15, -0.1) is 0 Å². The van der Waals surface area contributed by atoms with Crippen molar-refractivity contribution in [2.24, 2.45) is 0 Å². The Labute approximate surface area is 127 Å². The number of anilines is 3. The number of halogens is 2. The summed E-state index contributed by atoms with van der Waals surface area (Å²) in [5.41, 5.74) is 6.53. The molecule has 1 aliphatic heterocycles. The lowest BCUT2D eigenvalue weighted by molar-refractivity contribution is 0.584. The lowest BCUT2D eigenvalue weighted by Crippen LogP contribution is -2.47. The summed E-state index contributed by atoms with van der Waals surface area (Å²) in [4.78, 5) is 11.7. The van der Waals surface area contributed by atoms with Gasteiger partial charge < -0.3 is 15.5 Å². The van der Waals surface area contributed by atoms with E-state index in [2.05, 4.69) is 14.9 Å². The number of nitrogen functional groups attached to an aromatic ring is 1. The Bertz CT molecular complexity index is 643. The maximum Gasteiger partial charge on any atom is 0.222 e. The Kier molecular flexibility index (Phi) is 3.79. The van der Waals surface area contributed by atoms with Crippen molar-refractivity contribution >= 4 is 29.1 Å². The summed E-state index contributed by atoms with van der Waals surface area (Å²) in [5, 5.41) is 0.725. The number of hydrogen-bond donors (Lipinski definition) is 1. The van der Waals surface area contributed by atoms with E-state index in [-0.39, 0.29) is 11.8 Å². The first-order chi connectivity index (χ1) is 10.1. The molecule has 0 unspecified atom stereocenters. The molecule has 21 heavy (non-hydrogen) atoms. The first-order valence-corrected chi connectivity index (χ1v) is 7.05. The molecule has 2 heterocycles. The number of benzene rings is 1. The van der Waals surface area contributed by atoms with Crippen LogP contribution in [-0.4, -0.2) is 36.1 Å². The second-order valence-electron chi connectivity index (χ2n) is 4.83. The predicted octanol–water partition coefficient (Wildman–Crippen LogP) is 2.18. The molecule has 0 saturated carbocycles. The second kappa shape index (κ2) is 5.73. The largest absolute Gasteiger partial charge is 0.368 e. The van der Waals surface area contributed by atoms with Crippen LogP contribution in [0.5, 0.6) is 0 Å². The Morgan fingerprint density at radius 2 is 1.76 bits per heavy atom. The molecule has 2 aromatic rings. The highest BCUT2D eigenvalue weighted by Crippen LogP contribution is 2.27. The van der Waals surface area contributed by atoms with Gasteiger partial charge in [-0.2, -0.15) is 4.98 Å². The van der Waals surface area contributed by atoms with Gasteiger partial charge >= 0.3 is 0 Å². The van der Waals surface area contributed by atoms with E-state index in [1.165, 1.54) is 0 Å². The molecule has 2 N–H and O–H groups in total. The molecule has 110 valence electrons. The molecule has 0 amide bonds. The van der Waals surface area contributed by atoms with Crippen LogP contribution in [0.1, 0.15) is 0 Å². The van der Waals surface area contributed by atoms with Gasteiger partial charge in [-0.05, 0) is 12.1 Å². The topological polar surface area (TPSA) is 58.3 Å². The third-order valence-corrected chi connectivity index (χ3v) is 3.84. The molecule has 1 aromatic carbocycles. The molecule has 7 heteroatoms. The van der Waals surface area contributed by atoms with Crippen molar-refractivity contribution in [3.63, 3.8) is 0 Å². The average Bonchev–Trinajstić information content (AvgIpc) is 2.50. The standard InChI is InChI=1S/C14H15ClFN5/c15-10-3-1-2-4-12(10)20-5-7-21(8-6-20)13-11(16)9-18-14(17)19-13/h1-4,9H,5-8H2,(H2,17,18,19). The quantitative estimate of drug-likeness (QED) is 0.921. The molecule has 1 aromatic heterocycles. The van der Waals surface area contributed by atoms with Gasteiger partial charge in [0.15, 0.2) is 11.6 Å². The fourth-order valence-corrected chi connectivity index (χ4v) is 2.72. The summed E-state index contributed by atoms with van der Waals surface area (Å²) in [5.74, 6) is -0.100. The lowest BCUT2D eigenvalue weighted by Gasteiger charge is -2.37. The van der Waals surface area contributed by atoms with Crippen molar-refractivity contribution in [2.45, 2.75) is 0 Å². The van der Waals surface area contributed by atoms with Gasteiger partial charge in [0.25, 0.3) is 0 Å². The molecule has 1 aliphatic rings. The SMILES string of the molecule is Nc1ncc(F)c(N2CCN(c3ccccc3Cl)CC2)n1. The first kappa shape index (κ1) is 13.9. The van der Waals surface area contributed by atoms with Gasteiger partial charge in [0.05, 0.1) is 16.9 Å². The van der Waals surface area contributed by atoms with Gasteiger partial charge in [0, 0.05) is 26.2 Å². The number of nitrogens with zero attached hydrogens (tertiary/aromatic N) is 4. The Balaban J connectivity index is 1.73. The maximum atomic E-state index is 13.8. The average molecular weight is 308 g/mol. The number of hydrogen-bond acceptors (Lipinski definition) is 5. The Hall–Kier alpha value is -2.08. The number of para-hydroxylation sites is 1. The van der Waals surface area contributed by atoms with E-state index in [4.69, 9.17) is 17.3 Å². The second-order valence-corrected chi connectivity index (χ2v) is 5.23. The molecule has 0 spiro atoms. The van der Waals surface area contributed by atoms with Crippen molar-refractivity contribution in [1.82, 2.24) is 9.97 Å². The van der Waals surface area contributed by atoms with Crippen molar-refractivity contribution in [2.75, 3.05) is 41.7 Å². The zero-order valence-corrected chi connectivity index (χ0v) is 12.1. The van der Waals surface area contributed by atoms with Crippen molar-refractivity contribution < 1.29 is 4.39 Å². The van der Waals surface area contributed by atoms with Crippen molar-refractivity contribution in [3.05, 3.63) is 41.3 Å². The van der Waals surface area contributed by atoms with Crippen molar-refractivity contribution in [1.29, 1.82) is 0 Å². The van der Waals surface area contributed by atoms with Crippen LogP contribution in [0, 0.1) is 5.82 Å². The fourth-order valence-electron chi connectivity index (χ4n) is 2.46. The van der Waals surface area contributed by atoms with Crippen LogP contribution in [0.15, 0.2) is 30.5 Å². The van der Waals surface area contributed by atoms with E-state index in [1.807, 2.05) is 29.2 Å². The molecular weight excluding hydrogens is 293 g/mol. The van der Waals surface area contributed by atoms with Gasteiger partial charge in [-0.1, -0.05) is 23.7 Å². The van der Waals surface area contributed by atoms with Gasteiger partial charge in [-0.25, -0.2) is 9.37 Å². The summed E-state index contributed by atoms with van der Waals surface area (Å²) in [6.45, 7) is 2.79. The van der Waals surface area contributed by atoms with E-state index in [0.29, 0.717) is 13.1 Å². The minimum Gasteiger partial charge on any atom is -0.368 e. The zero-order chi connectivity index (χ0) is 14.8. The smallest absolute Gasteiger partial charge is 0.222 e. The summed E-state index contributed by atoms with van der Waals surface area (Å²) in [6.07, 6.45) is 1.11. The van der Waals surface area contributed by atoms with Crippen LogP contribution in [0.3, 0.4) is 0 Å². The monoisotopic (exact) mass is 307 g/mol. The van der Waals surface area contributed by atoms with E-state index >= 15 is 0 Å². The van der Waals surface area contributed by atoms with Crippen LogP contribution in [-0.2, 0) is 0 Å². The van der Waals surface area contributed by atoms with Gasteiger partial charge in [0.1, 0.15) is 0 Å². The highest BCUT2D eigenvalue weighted by Gasteiger charge is 2.22. The number of nitrogens with two attached hydrogens (primary N) is 1. The third-order valence-electron chi connectivity index (χ3n) is 3.52. The summed E-state index contributed by atoms with van der Waals surface area (Å²) in [6, 6.07) is 7.72. The third kappa shape index (κ3) is 2.85. The van der Waals surface area contributed by atoms with E-state index in [1.54, 1.807) is 0 Å². The molecule has 1 fully saturated rings. The van der Waals surface area contributed by atoms with Crippen LogP contribution >= 0.6 is 11.6 Å². The normalized spacial score (nSPS) is 15.3. The van der Waals surface area contributed by atoms with E-state index in [9.17, 15) is 4.39 Å². The van der Waals surface area contributed by atoms with Crippen LogP contribution in [0.4, 0.5) is 21.8 Å². The summed E-state index contributed by atoms with van der Waals surface area (Å²) < 4.78 is 13.8. The molecule has 5 nitrogen and oxygen atoms in total. The van der Waals surface area contributed by atoms with Crippen LogP contribution in [0.25, 0.3) is 0 Å². The molecule has 3 rings (SSSR count). The molecule has 0 radical (unpaired) electrons. The molecule has 1 saturated heterocycles. The first-order valence-electron chi connectivity index (χ1n) is 6.67. The molecule has 0 atom stereocenters. The predicted molar refractivity (Wildman–Crippen MR) is 82.3 cm³/mol. The van der Waals surface area contributed by atoms with Crippen molar-refractivity contribution in [3.8, 4) is 0 Å². The minimum atomic E-state index is -0.449. The van der Waals surface area contributed by atoms with E-state index < -0.39 is 5.82 Å². The van der Waals surface area contributed by atoms with Gasteiger partial charge in [-0.3, -0.25) is 0 Å². The summed E-state index contributed by atoms with van der Waals surface area (Å²) in [7, 11) is 0. The lowest BCUT2D eigenvalue weighted by atomic mass is 10.2. The van der Waals surface area contributed by atoms with Crippen LogP contribution in [0.2, 0.25) is 5.02 Å². The van der Waals surface area contributed by atoms with Gasteiger partial charge in [0.2, 0.25) is 5.95 Å². The minimum absolute atomic E-state index is 0.0833. The maximum absolute atomic E-state index is 13.8. The highest BCUT2D eigenvalue weighted by atomic mass is 35.5. The number of aromatic nitrogens is 2. The fraction of sp³-hybridized carbons (Fsp3) is 0.286. The Morgan fingerprint density at radius 3 is 2.48 bits per heavy atom. The number of rotatable bonds is 2. The molecule has 0 aliphatic carbocycles. The molecule has 0 bridgehead atoms. The molecular formula is C14H15ClFN5. The Morgan fingerprint density at radius 1 is 1.10 bits per heavy atom. The van der Waals surface area contributed by atoms with E-state index in [0.717, 1.165) is 30.0 Å². The van der Waals surface area contributed by atoms with Crippen LogP contribution < -0.4 is 15.5 Å². The summed E-state index contributed by atoms with van der Waals surface area (Å²) >= 11 is 6.20.